The van der Waals surface area contributed by atoms with Crippen LogP contribution >= 0.6 is 0 Å². The van der Waals surface area contributed by atoms with Gasteiger partial charge in [-0.25, -0.2) is 8.42 Å². The van der Waals surface area contributed by atoms with Gasteiger partial charge in [0.15, 0.2) is 11.0 Å². The summed E-state index contributed by atoms with van der Waals surface area (Å²) in [6, 6.07) is 20.4. The summed E-state index contributed by atoms with van der Waals surface area (Å²) in [5.41, 5.74) is 2.07. The third-order valence-corrected chi connectivity index (χ3v) is 5.46. The van der Waals surface area contributed by atoms with E-state index in [4.69, 9.17) is 4.42 Å². The minimum atomic E-state index is -3.46. The molecule has 2 N–H and O–H groups in total. The van der Waals surface area contributed by atoms with E-state index in [9.17, 15) is 18.0 Å². The molecule has 0 saturated heterocycles. The van der Waals surface area contributed by atoms with E-state index >= 15 is 0 Å². The van der Waals surface area contributed by atoms with Crippen LogP contribution in [0, 0.1) is 6.92 Å². The van der Waals surface area contributed by atoms with Gasteiger partial charge in [0, 0.05) is 16.8 Å². The second kappa shape index (κ2) is 8.32. The summed E-state index contributed by atoms with van der Waals surface area (Å²) >= 11 is 0. The Labute approximate surface area is 184 Å². The van der Waals surface area contributed by atoms with Crippen LogP contribution in [0.5, 0.6) is 0 Å². The van der Waals surface area contributed by atoms with Gasteiger partial charge in [-0.15, -0.1) is 0 Å². The molecule has 1 heterocycles. The summed E-state index contributed by atoms with van der Waals surface area (Å²) in [6.07, 6.45) is 1.04. The van der Waals surface area contributed by atoms with Gasteiger partial charge in [0.25, 0.3) is 5.91 Å². The fourth-order valence-corrected chi connectivity index (χ4v) is 3.98. The lowest BCUT2D eigenvalue weighted by Gasteiger charge is -2.11. The standard InChI is InChI=1S/C24H20N2O5S/c1-15-21(27)19-12-7-13-20(23(19)31-22(15)16-8-4-3-5-9-16)24(28)25-17-10-6-11-18(14-17)26-32(2,29)30/h3-14,26H,1-2H3,(H,25,28). The van der Waals surface area contributed by atoms with Gasteiger partial charge in [0.2, 0.25) is 10.0 Å². The number of sulfonamides is 1. The molecule has 32 heavy (non-hydrogen) atoms. The highest BCUT2D eigenvalue weighted by atomic mass is 32.2. The molecule has 0 bridgehead atoms. The average Bonchev–Trinajstić information content (AvgIpc) is 2.75. The smallest absolute Gasteiger partial charge is 0.259 e. The van der Waals surface area contributed by atoms with Crippen molar-refractivity contribution in [2.75, 3.05) is 16.3 Å². The van der Waals surface area contributed by atoms with Crippen LogP contribution in [0.2, 0.25) is 0 Å². The predicted octanol–water partition coefficient (Wildman–Crippen LogP) is 4.39. The maximum atomic E-state index is 13.1. The van der Waals surface area contributed by atoms with Crippen molar-refractivity contribution in [2.24, 2.45) is 0 Å². The Balaban J connectivity index is 1.76. The van der Waals surface area contributed by atoms with Gasteiger partial charge >= 0.3 is 0 Å². The molecule has 1 amide bonds. The van der Waals surface area contributed by atoms with E-state index in [0.29, 0.717) is 28.1 Å². The molecule has 162 valence electrons. The molecule has 0 spiro atoms. The lowest BCUT2D eigenvalue weighted by atomic mass is 10.0. The van der Waals surface area contributed by atoms with Gasteiger partial charge in [-0.05, 0) is 37.3 Å². The maximum Gasteiger partial charge on any atom is 0.259 e. The van der Waals surface area contributed by atoms with Crippen LogP contribution in [0.4, 0.5) is 11.4 Å². The number of carbonyl (C=O) groups excluding carboxylic acids is 1. The molecule has 4 aromatic rings. The van der Waals surface area contributed by atoms with Gasteiger partial charge in [0.1, 0.15) is 5.76 Å². The summed E-state index contributed by atoms with van der Waals surface area (Å²) in [6.45, 7) is 1.70. The van der Waals surface area contributed by atoms with E-state index < -0.39 is 15.9 Å². The molecule has 0 fully saturated rings. The predicted molar refractivity (Wildman–Crippen MR) is 126 cm³/mol. The fourth-order valence-electron chi connectivity index (χ4n) is 3.43. The van der Waals surface area contributed by atoms with E-state index in [-0.39, 0.29) is 16.6 Å². The largest absolute Gasteiger partial charge is 0.455 e. The van der Waals surface area contributed by atoms with E-state index in [1.165, 1.54) is 6.07 Å². The minimum Gasteiger partial charge on any atom is -0.455 e. The Bertz CT molecular complexity index is 1490. The molecule has 0 saturated carbocycles. The number of anilines is 2. The Hall–Kier alpha value is -3.91. The van der Waals surface area contributed by atoms with Crippen LogP contribution in [-0.2, 0) is 10.0 Å². The first-order valence-corrected chi connectivity index (χ1v) is 11.6. The number of nitrogens with one attached hydrogen (secondary N) is 2. The molecule has 0 atom stereocenters. The first-order valence-electron chi connectivity index (χ1n) is 9.74. The van der Waals surface area contributed by atoms with Gasteiger partial charge in [-0.3, -0.25) is 14.3 Å². The molecular weight excluding hydrogens is 428 g/mol. The van der Waals surface area contributed by atoms with Gasteiger partial charge < -0.3 is 9.73 Å². The average molecular weight is 449 g/mol. The molecule has 4 rings (SSSR count). The van der Waals surface area contributed by atoms with Crippen LogP contribution in [0.15, 0.2) is 82.0 Å². The number of amides is 1. The second-order valence-electron chi connectivity index (χ2n) is 7.34. The van der Waals surface area contributed by atoms with E-state index in [1.807, 2.05) is 30.3 Å². The molecule has 0 aliphatic carbocycles. The molecule has 8 heteroatoms. The number of hydrogen-bond acceptors (Lipinski definition) is 5. The first kappa shape index (κ1) is 21.3. The number of carbonyl (C=O) groups is 1. The summed E-state index contributed by atoms with van der Waals surface area (Å²) in [5.74, 6) is -0.0826. The van der Waals surface area contributed by atoms with Crippen molar-refractivity contribution < 1.29 is 17.6 Å². The van der Waals surface area contributed by atoms with Crippen molar-refractivity contribution in [1.29, 1.82) is 0 Å². The lowest BCUT2D eigenvalue weighted by Crippen LogP contribution is -2.15. The zero-order valence-electron chi connectivity index (χ0n) is 17.4. The summed E-state index contributed by atoms with van der Waals surface area (Å²) in [7, 11) is -3.46. The Morgan fingerprint density at radius 1 is 0.906 bits per heavy atom. The van der Waals surface area contributed by atoms with Gasteiger partial charge in [0.05, 0.1) is 22.9 Å². The number of hydrogen-bond donors (Lipinski definition) is 2. The highest BCUT2D eigenvalue weighted by Gasteiger charge is 2.18. The molecule has 7 nitrogen and oxygen atoms in total. The van der Waals surface area contributed by atoms with Crippen molar-refractivity contribution in [2.45, 2.75) is 6.92 Å². The van der Waals surface area contributed by atoms with Crippen LogP contribution in [0.25, 0.3) is 22.3 Å². The number of benzene rings is 3. The lowest BCUT2D eigenvalue weighted by molar-refractivity contribution is 0.102. The van der Waals surface area contributed by atoms with E-state index in [2.05, 4.69) is 10.0 Å². The zero-order chi connectivity index (χ0) is 22.9. The first-order chi connectivity index (χ1) is 15.2. The van der Waals surface area contributed by atoms with E-state index in [1.54, 1.807) is 43.3 Å². The monoisotopic (exact) mass is 448 g/mol. The molecule has 0 unspecified atom stereocenters. The topological polar surface area (TPSA) is 105 Å². The van der Waals surface area contributed by atoms with Crippen LogP contribution < -0.4 is 15.5 Å². The summed E-state index contributed by atoms with van der Waals surface area (Å²) < 4.78 is 31.4. The summed E-state index contributed by atoms with van der Waals surface area (Å²) in [5, 5.41) is 3.04. The van der Waals surface area contributed by atoms with Crippen molar-refractivity contribution in [3.8, 4) is 11.3 Å². The van der Waals surface area contributed by atoms with Crippen molar-refractivity contribution >= 4 is 38.3 Å². The molecule has 3 aromatic carbocycles. The molecular formula is C24H20N2O5S. The van der Waals surface area contributed by atoms with Crippen molar-refractivity contribution in [3.05, 3.63) is 94.1 Å². The minimum absolute atomic E-state index is 0.185. The fraction of sp³-hybridized carbons (Fsp3) is 0.0833. The molecule has 1 aromatic heterocycles. The van der Waals surface area contributed by atoms with Crippen LogP contribution in [0.3, 0.4) is 0 Å². The van der Waals surface area contributed by atoms with Gasteiger partial charge in [-0.1, -0.05) is 42.5 Å². The number of fused-ring (bicyclic) bond motifs is 1. The van der Waals surface area contributed by atoms with Crippen LogP contribution in [0.1, 0.15) is 15.9 Å². The third-order valence-electron chi connectivity index (χ3n) is 4.85. The summed E-state index contributed by atoms with van der Waals surface area (Å²) in [4.78, 5) is 26.0. The Morgan fingerprint density at radius 2 is 1.59 bits per heavy atom. The highest BCUT2D eigenvalue weighted by Crippen LogP contribution is 2.28. The van der Waals surface area contributed by atoms with Gasteiger partial charge in [-0.2, -0.15) is 0 Å². The second-order valence-corrected chi connectivity index (χ2v) is 9.09. The Kier molecular flexibility index (Phi) is 5.54. The highest BCUT2D eigenvalue weighted by molar-refractivity contribution is 7.92. The number of para-hydroxylation sites is 1. The molecule has 0 aliphatic heterocycles. The van der Waals surface area contributed by atoms with Crippen molar-refractivity contribution in [3.63, 3.8) is 0 Å². The zero-order valence-corrected chi connectivity index (χ0v) is 18.2. The number of rotatable bonds is 5. The van der Waals surface area contributed by atoms with E-state index in [0.717, 1.165) is 11.8 Å². The third kappa shape index (κ3) is 4.40. The van der Waals surface area contributed by atoms with Crippen LogP contribution in [-0.4, -0.2) is 20.6 Å². The molecule has 0 aliphatic rings. The normalized spacial score (nSPS) is 11.3. The maximum absolute atomic E-state index is 13.1. The SMILES string of the molecule is Cc1c(-c2ccccc2)oc2c(C(=O)Nc3cccc(NS(C)(=O)=O)c3)cccc2c1=O. The Morgan fingerprint density at radius 3 is 2.31 bits per heavy atom. The quantitative estimate of drug-likeness (QED) is 0.471. The van der Waals surface area contributed by atoms with Crippen molar-refractivity contribution in [1.82, 2.24) is 0 Å². The molecule has 0 radical (unpaired) electrons.